The summed E-state index contributed by atoms with van der Waals surface area (Å²) in [6.45, 7) is 3.01. The second kappa shape index (κ2) is 10.2. The van der Waals surface area contributed by atoms with Gasteiger partial charge >= 0.3 is 0 Å². The third kappa shape index (κ3) is 5.10. The number of ether oxygens (including phenoxy) is 1. The highest BCUT2D eigenvalue weighted by Gasteiger charge is 2.28. The molecule has 7 nitrogen and oxygen atoms in total. The molecule has 0 saturated carbocycles. The van der Waals surface area contributed by atoms with Gasteiger partial charge < -0.3 is 4.74 Å². The first-order valence-electron chi connectivity index (χ1n) is 11.5. The van der Waals surface area contributed by atoms with Crippen LogP contribution in [-0.2, 0) is 14.8 Å². The van der Waals surface area contributed by atoms with Gasteiger partial charge in [0.2, 0.25) is 0 Å². The normalized spacial score (nSPS) is 15.8. The van der Waals surface area contributed by atoms with Crippen molar-refractivity contribution in [2.24, 2.45) is 0 Å². The molecule has 2 heterocycles. The maximum atomic E-state index is 13.7. The minimum atomic E-state index is -3.73. The van der Waals surface area contributed by atoms with Crippen LogP contribution in [0.4, 0.5) is 10.8 Å². The Morgan fingerprint density at radius 3 is 2.56 bits per heavy atom. The van der Waals surface area contributed by atoms with Crippen LogP contribution in [0.25, 0.3) is 10.2 Å². The Balaban J connectivity index is 1.43. The fourth-order valence-corrected chi connectivity index (χ4v) is 6.50. The van der Waals surface area contributed by atoms with Gasteiger partial charge in [-0.2, -0.15) is 0 Å². The van der Waals surface area contributed by atoms with Crippen LogP contribution in [0.15, 0.2) is 71.6 Å². The molecule has 1 unspecified atom stereocenters. The Morgan fingerprint density at radius 2 is 1.89 bits per heavy atom. The van der Waals surface area contributed by atoms with E-state index in [9.17, 15) is 13.2 Å². The number of sulfonamides is 1. The van der Waals surface area contributed by atoms with E-state index in [0.29, 0.717) is 34.6 Å². The molecule has 10 heteroatoms. The number of aromatic nitrogens is 1. The van der Waals surface area contributed by atoms with Gasteiger partial charge in [0.15, 0.2) is 5.13 Å². The number of carbonyl (C=O) groups is 1. The number of nitrogens with zero attached hydrogens (tertiary/aromatic N) is 2. The van der Waals surface area contributed by atoms with Gasteiger partial charge in [-0.1, -0.05) is 47.2 Å². The zero-order valence-corrected chi connectivity index (χ0v) is 21.9. The molecule has 5 rings (SSSR count). The Bertz CT molecular complexity index is 1460. The minimum Gasteiger partial charge on any atom is -0.376 e. The number of thiazole rings is 1. The van der Waals surface area contributed by atoms with Crippen molar-refractivity contribution in [3.05, 3.63) is 82.9 Å². The number of halogens is 1. The summed E-state index contributed by atoms with van der Waals surface area (Å²) in [7, 11) is -3.73. The smallest absolute Gasteiger partial charge is 0.261 e. The van der Waals surface area contributed by atoms with E-state index in [2.05, 4.69) is 4.72 Å². The second-order valence-electron chi connectivity index (χ2n) is 8.59. The number of fused-ring (bicyclic) bond motifs is 1. The molecule has 1 aliphatic heterocycles. The van der Waals surface area contributed by atoms with E-state index in [-0.39, 0.29) is 16.9 Å². The number of carbonyl (C=O) groups excluding carboxylic acids is 1. The zero-order valence-electron chi connectivity index (χ0n) is 19.5. The SMILES string of the molecule is Cc1ccc(Cl)c2sc(N(CC3CCCO3)C(=O)c3ccc(NS(=O)(=O)c4ccccc4)cc3)nc12. The van der Waals surface area contributed by atoms with Crippen LogP contribution in [0.2, 0.25) is 5.02 Å². The van der Waals surface area contributed by atoms with Crippen LogP contribution in [0, 0.1) is 6.92 Å². The largest absolute Gasteiger partial charge is 0.376 e. The van der Waals surface area contributed by atoms with Gasteiger partial charge in [0.1, 0.15) is 0 Å². The fraction of sp³-hybridized carbons (Fsp3) is 0.231. The van der Waals surface area contributed by atoms with Crippen molar-refractivity contribution in [2.75, 3.05) is 22.8 Å². The highest BCUT2D eigenvalue weighted by Crippen LogP contribution is 2.36. The summed E-state index contributed by atoms with van der Waals surface area (Å²) < 4.78 is 34.5. The number of anilines is 2. The zero-order chi connectivity index (χ0) is 25.3. The molecule has 1 amide bonds. The summed E-state index contributed by atoms with van der Waals surface area (Å²) in [5, 5.41) is 1.15. The first-order valence-corrected chi connectivity index (χ1v) is 14.2. The molecule has 0 aliphatic carbocycles. The van der Waals surface area contributed by atoms with Gasteiger partial charge in [0.25, 0.3) is 15.9 Å². The summed E-state index contributed by atoms with van der Waals surface area (Å²) in [6, 6.07) is 18.3. The van der Waals surface area contributed by atoms with Crippen LogP contribution < -0.4 is 9.62 Å². The van der Waals surface area contributed by atoms with Gasteiger partial charge in [0.05, 0.1) is 32.8 Å². The molecule has 36 heavy (non-hydrogen) atoms. The Kier molecular flexibility index (Phi) is 6.98. The summed E-state index contributed by atoms with van der Waals surface area (Å²) >= 11 is 7.79. The van der Waals surface area contributed by atoms with Crippen LogP contribution in [0.1, 0.15) is 28.8 Å². The van der Waals surface area contributed by atoms with E-state index in [1.807, 2.05) is 19.1 Å². The van der Waals surface area contributed by atoms with Crippen molar-refractivity contribution >= 4 is 59.9 Å². The van der Waals surface area contributed by atoms with Gasteiger partial charge in [0, 0.05) is 17.9 Å². The summed E-state index contributed by atoms with van der Waals surface area (Å²) in [5.74, 6) is -0.240. The predicted molar refractivity (Wildman–Crippen MR) is 144 cm³/mol. The van der Waals surface area contributed by atoms with Crippen LogP contribution in [-0.4, -0.2) is 38.6 Å². The highest BCUT2D eigenvalue weighted by molar-refractivity contribution is 7.92. The van der Waals surface area contributed by atoms with Crippen molar-refractivity contribution in [1.82, 2.24) is 4.98 Å². The van der Waals surface area contributed by atoms with Crippen LogP contribution >= 0.6 is 22.9 Å². The molecule has 1 N–H and O–H groups in total. The number of hydrogen-bond donors (Lipinski definition) is 1. The second-order valence-corrected chi connectivity index (χ2v) is 11.7. The van der Waals surface area contributed by atoms with E-state index in [1.54, 1.807) is 47.4 Å². The van der Waals surface area contributed by atoms with Gasteiger partial charge in [-0.25, -0.2) is 13.4 Å². The third-order valence-corrected chi connectivity index (χ3v) is 8.95. The lowest BCUT2D eigenvalue weighted by Gasteiger charge is -2.23. The molecule has 1 aromatic heterocycles. The molecule has 1 atom stereocenters. The fourth-order valence-electron chi connectivity index (χ4n) is 4.10. The Hall–Kier alpha value is -2.98. The van der Waals surface area contributed by atoms with E-state index in [4.69, 9.17) is 21.3 Å². The number of rotatable bonds is 7. The number of hydrogen-bond acceptors (Lipinski definition) is 6. The van der Waals surface area contributed by atoms with Crippen LogP contribution in [0.5, 0.6) is 0 Å². The van der Waals surface area contributed by atoms with Crippen molar-refractivity contribution in [2.45, 2.75) is 30.8 Å². The average molecular weight is 542 g/mol. The highest BCUT2D eigenvalue weighted by atomic mass is 35.5. The number of amides is 1. The molecule has 0 radical (unpaired) electrons. The van der Waals surface area contributed by atoms with Crippen molar-refractivity contribution in [1.29, 1.82) is 0 Å². The summed E-state index contributed by atoms with van der Waals surface area (Å²) in [6.07, 6.45) is 1.75. The topological polar surface area (TPSA) is 88.6 Å². The maximum absolute atomic E-state index is 13.7. The Labute approximate surface area is 218 Å². The molecular formula is C26H24ClN3O4S2. The molecule has 1 fully saturated rings. The molecular weight excluding hydrogens is 518 g/mol. The lowest BCUT2D eigenvalue weighted by atomic mass is 10.1. The van der Waals surface area contributed by atoms with Crippen LogP contribution in [0.3, 0.4) is 0 Å². The average Bonchev–Trinajstić information content (AvgIpc) is 3.56. The maximum Gasteiger partial charge on any atom is 0.261 e. The lowest BCUT2D eigenvalue weighted by Crippen LogP contribution is -2.37. The predicted octanol–water partition coefficient (Wildman–Crippen LogP) is 5.88. The molecule has 3 aromatic carbocycles. The molecule has 1 aliphatic rings. The third-order valence-electron chi connectivity index (χ3n) is 6.01. The van der Waals surface area contributed by atoms with E-state index in [1.165, 1.54) is 23.5 Å². The summed E-state index contributed by atoms with van der Waals surface area (Å²) in [4.78, 5) is 20.2. The minimum absolute atomic E-state index is 0.0745. The van der Waals surface area contributed by atoms with Crippen molar-refractivity contribution < 1.29 is 17.9 Å². The molecule has 0 spiro atoms. The molecule has 1 saturated heterocycles. The lowest BCUT2D eigenvalue weighted by molar-refractivity contribution is 0.0917. The van der Waals surface area contributed by atoms with E-state index >= 15 is 0 Å². The molecule has 4 aromatic rings. The number of benzene rings is 3. The van der Waals surface area contributed by atoms with Gasteiger partial charge in [-0.3, -0.25) is 14.4 Å². The Morgan fingerprint density at radius 1 is 1.14 bits per heavy atom. The first kappa shape index (κ1) is 24.7. The van der Waals surface area contributed by atoms with Gasteiger partial charge in [-0.05, 0) is 67.8 Å². The summed E-state index contributed by atoms with van der Waals surface area (Å²) in [5.41, 5.74) is 2.54. The first-order chi connectivity index (χ1) is 17.3. The van der Waals surface area contributed by atoms with Gasteiger partial charge in [-0.15, -0.1) is 0 Å². The number of aryl methyl sites for hydroxylation is 1. The van der Waals surface area contributed by atoms with E-state index in [0.717, 1.165) is 28.6 Å². The van der Waals surface area contributed by atoms with E-state index < -0.39 is 10.0 Å². The van der Waals surface area contributed by atoms with Crippen molar-refractivity contribution in [3.8, 4) is 0 Å². The van der Waals surface area contributed by atoms with Crippen molar-refractivity contribution in [3.63, 3.8) is 0 Å². The monoisotopic (exact) mass is 541 g/mol. The standard InChI is InChI=1S/C26H24ClN3O4S2/c1-17-9-14-22(27)24-23(17)28-26(35-24)30(16-20-6-5-15-34-20)25(31)18-10-12-19(13-11-18)29-36(32,33)21-7-3-2-4-8-21/h2-4,7-14,20,29H,5-6,15-16H2,1H3. The molecule has 0 bridgehead atoms. The quantitative estimate of drug-likeness (QED) is 0.315. The molecule has 186 valence electrons. The number of nitrogens with one attached hydrogen (secondary N) is 1.